The van der Waals surface area contributed by atoms with Crippen molar-refractivity contribution in [1.82, 2.24) is 15.3 Å². The topological polar surface area (TPSA) is 82.5 Å². The number of aromatic nitrogens is 2. The lowest BCUT2D eigenvalue weighted by Gasteiger charge is -2.12. The molecule has 3 aromatic rings. The average molecular weight is 396 g/mol. The number of fused-ring (bicyclic) bond motifs is 1. The maximum absolute atomic E-state index is 12.2. The van der Waals surface area contributed by atoms with Crippen LogP contribution >= 0.6 is 23.5 Å². The van der Waals surface area contributed by atoms with Gasteiger partial charge in [-0.15, -0.1) is 5.10 Å². The fourth-order valence-corrected chi connectivity index (χ4v) is 4.00. The van der Waals surface area contributed by atoms with Gasteiger partial charge in [0.2, 0.25) is 5.91 Å². The number of thioether (sulfide) groups is 2. The highest BCUT2D eigenvalue weighted by atomic mass is 32.2. The molecule has 2 heterocycles. The Hall–Kier alpha value is -2.58. The number of nitrogens with zero attached hydrogens (tertiary/aromatic N) is 3. The van der Waals surface area contributed by atoms with Crippen molar-refractivity contribution < 1.29 is 4.79 Å². The summed E-state index contributed by atoms with van der Waals surface area (Å²) in [4.78, 5) is 19.8. The maximum Gasteiger partial charge on any atom is 0.236 e. The number of aromatic amines is 1. The number of nitrogens with one attached hydrogen (secondary N) is 2. The Morgan fingerprint density at radius 2 is 2.00 bits per heavy atom. The van der Waals surface area contributed by atoms with E-state index in [0.29, 0.717) is 10.9 Å². The Bertz CT molecular complexity index is 1010. The van der Waals surface area contributed by atoms with Crippen LogP contribution in [-0.2, 0) is 4.79 Å². The first-order valence-corrected chi connectivity index (χ1v) is 10.4. The van der Waals surface area contributed by atoms with Gasteiger partial charge in [-0.25, -0.2) is 4.98 Å². The molecule has 0 fully saturated rings. The monoisotopic (exact) mass is 395 g/mol. The van der Waals surface area contributed by atoms with Crippen molar-refractivity contribution in [1.29, 1.82) is 0 Å². The first-order valence-electron chi connectivity index (χ1n) is 8.39. The van der Waals surface area contributed by atoms with Gasteiger partial charge in [-0.1, -0.05) is 65.5 Å². The summed E-state index contributed by atoms with van der Waals surface area (Å²) in [7, 11) is 0. The Balaban J connectivity index is 1.33. The van der Waals surface area contributed by atoms with Crippen LogP contribution in [0.15, 0.2) is 63.9 Å². The summed E-state index contributed by atoms with van der Waals surface area (Å²) in [5, 5.41) is 12.5. The predicted molar refractivity (Wildman–Crippen MR) is 113 cm³/mol. The average Bonchev–Trinajstić information content (AvgIpc) is 3.11. The lowest BCUT2D eigenvalue weighted by molar-refractivity contribution is -0.117. The SMILES string of the molecule is Cc1ccc(C2=NN=C(NC(=O)CSc3nc4ccccc4[nH]3)SC2)cc1. The molecular formula is C19H17N5OS2. The van der Waals surface area contributed by atoms with E-state index < -0.39 is 0 Å². The fraction of sp³-hybridized carbons (Fsp3) is 0.158. The van der Waals surface area contributed by atoms with Crippen LogP contribution in [0.1, 0.15) is 11.1 Å². The van der Waals surface area contributed by atoms with Crippen molar-refractivity contribution in [3.05, 3.63) is 59.7 Å². The van der Waals surface area contributed by atoms with Gasteiger partial charge >= 0.3 is 0 Å². The van der Waals surface area contributed by atoms with Gasteiger partial charge in [0.1, 0.15) is 0 Å². The van der Waals surface area contributed by atoms with E-state index in [1.54, 1.807) is 0 Å². The van der Waals surface area contributed by atoms with E-state index in [9.17, 15) is 4.79 Å². The van der Waals surface area contributed by atoms with Gasteiger partial charge in [-0.3, -0.25) is 4.79 Å². The second-order valence-corrected chi connectivity index (χ2v) is 7.93. The molecule has 0 spiro atoms. The van der Waals surface area contributed by atoms with Crippen molar-refractivity contribution in [2.75, 3.05) is 11.5 Å². The molecule has 0 unspecified atom stereocenters. The zero-order valence-electron chi connectivity index (χ0n) is 14.6. The van der Waals surface area contributed by atoms with Crippen LogP contribution in [-0.4, -0.2) is 38.3 Å². The van der Waals surface area contributed by atoms with Gasteiger partial charge < -0.3 is 10.3 Å². The molecule has 0 saturated heterocycles. The number of amides is 1. The minimum absolute atomic E-state index is 0.124. The lowest BCUT2D eigenvalue weighted by Crippen LogP contribution is -2.31. The van der Waals surface area contributed by atoms with Gasteiger partial charge in [0.05, 0.1) is 22.5 Å². The molecule has 1 aliphatic rings. The van der Waals surface area contributed by atoms with E-state index in [0.717, 1.165) is 27.5 Å². The van der Waals surface area contributed by atoms with E-state index in [2.05, 4.69) is 44.5 Å². The predicted octanol–water partition coefficient (Wildman–Crippen LogP) is 3.59. The number of carbonyl (C=O) groups excluding carboxylic acids is 1. The standard InChI is InChI=1S/C19H17N5OS2/c1-12-6-8-13(9-7-12)16-10-26-19(24-23-16)22-17(25)11-27-18-20-14-4-2-3-5-15(14)21-18/h2-9H,10-11H2,1H3,(H,20,21)(H,22,24,25). The summed E-state index contributed by atoms with van der Waals surface area (Å²) in [6, 6.07) is 16.0. The Morgan fingerprint density at radius 1 is 1.19 bits per heavy atom. The molecule has 0 aliphatic carbocycles. The van der Waals surface area contributed by atoms with Gasteiger partial charge in [-0.05, 0) is 24.6 Å². The molecule has 0 bridgehead atoms. The number of aryl methyl sites for hydroxylation is 1. The number of para-hydroxylation sites is 2. The molecule has 136 valence electrons. The van der Waals surface area contributed by atoms with Crippen molar-refractivity contribution in [2.24, 2.45) is 10.2 Å². The third-order valence-electron chi connectivity index (χ3n) is 3.95. The van der Waals surface area contributed by atoms with Gasteiger partial charge in [0.25, 0.3) is 0 Å². The highest BCUT2D eigenvalue weighted by Gasteiger charge is 2.15. The molecular weight excluding hydrogens is 378 g/mol. The molecule has 6 nitrogen and oxygen atoms in total. The fourth-order valence-electron chi connectivity index (χ4n) is 2.54. The summed E-state index contributed by atoms with van der Waals surface area (Å²) in [6.45, 7) is 2.05. The number of imidazole rings is 1. The number of rotatable bonds is 4. The molecule has 4 rings (SSSR count). The van der Waals surface area contributed by atoms with Crippen LogP contribution in [0.2, 0.25) is 0 Å². The second kappa shape index (κ2) is 7.98. The number of H-pyrrole nitrogens is 1. The summed E-state index contributed by atoms with van der Waals surface area (Å²) in [6.07, 6.45) is 0. The molecule has 27 heavy (non-hydrogen) atoms. The molecule has 2 aromatic carbocycles. The Labute approximate surface area is 165 Å². The quantitative estimate of drug-likeness (QED) is 0.662. The molecule has 8 heteroatoms. The van der Waals surface area contributed by atoms with Crippen LogP contribution in [0, 0.1) is 6.92 Å². The number of hydrogen-bond acceptors (Lipinski definition) is 6. The van der Waals surface area contributed by atoms with Crippen LogP contribution in [0.5, 0.6) is 0 Å². The Morgan fingerprint density at radius 3 is 2.74 bits per heavy atom. The number of benzene rings is 2. The molecule has 1 aliphatic heterocycles. The van der Waals surface area contributed by atoms with Crippen LogP contribution in [0.3, 0.4) is 0 Å². The van der Waals surface area contributed by atoms with Gasteiger partial charge in [-0.2, -0.15) is 5.10 Å². The van der Waals surface area contributed by atoms with Crippen molar-refractivity contribution in [2.45, 2.75) is 12.1 Å². The van der Waals surface area contributed by atoms with Gasteiger partial charge in [0, 0.05) is 5.75 Å². The zero-order chi connectivity index (χ0) is 18.6. The minimum atomic E-state index is -0.124. The summed E-state index contributed by atoms with van der Waals surface area (Å²) >= 11 is 2.84. The highest BCUT2D eigenvalue weighted by molar-refractivity contribution is 8.14. The number of carbonyl (C=O) groups is 1. The third-order valence-corrected chi connectivity index (χ3v) is 5.69. The van der Waals surface area contributed by atoms with Crippen LogP contribution in [0.4, 0.5) is 0 Å². The van der Waals surface area contributed by atoms with E-state index in [1.807, 2.05) is 36.4 Å². The van der Waals surface area contributed by atoms with Crippen molar-refractivity contribution in [3.8, 4) is 0 Å². The molecule has 1 aromatic heterocycles. The van der Waals surface area contributed by atoms with Crippen LogP contribution < -0.4 is 5.32 Å². The third kappa shape index (κ3) is 4.40. The highest BCUT2D eigenvalue weighted by Crippen LogP contribution is 2.19. The molecule has 2 N–H and O–H groups in total. The molecule has 0 radical (unpaired) electrons. The maximum atomic E-state index is 12.2. The summed E-state index contributed by atoms with van der Waals surface area (Å²) in [5.41, 5.74) is 5.04. The first kappa shape index (κ1) is 17.8. The number of hydrogen-bond donors (Lipinski definition) is 2. The molecule has 0 saturated carbocycles. The smallest absolute Gasteiger partial charge is 0.236 e. The lowest BCUT2D eigenvalue weighted by atomic mass is 10.1. The summed E-state index contributed by atoms with van der Waals surface area (Å²) < 4.78 is 0. The Kier molecular flexibility index (Phi) is 5.26. The van der Waals surface area contributed by atoms with Crippen LogP contribution in [0.25, 0.3) is 11.0 Å². The first-order chi connectivity index (χ1) is 13.2. The van der Waals surface area contributed by atoms with E-state index >= 15 is 0 Å². The number of amidine groups is 1. The van der Waals surface area contributed by atoms with E-state index in [-0.39, 0.29) is 11.7 Å². The van der Waals surface area contributed by atoms with E-state index in [1.165, 1.54) is 29.1 Å². The van der Waals surface area contributed by atoms with E-state index in [4.69, 9.17) is 0 Å². The molecule has 0 atom stereocenters. The zero-order valence-corrected chi connectivity index (χ0v) is 16.2. The second-order valence-electron chi connectivity index (χ2n) is 6.00. The minimum Gasteiger partial charge on any atom is -0.333 e. The summed E-state index contributed by atoms with van der Waals surface area (Å²) in [5.74, 6) is 0.813. The van der Waals surface area contributed by atoms with Crippen molar-refractivity contribution >= 4 is 51.3 Å². The normalized spacial score (nSPS) is 14.0. The molecule has 1 amide bonds. The van der Waals surface area contributed by atoms with Gasteiger partial charge in [0.15, 0.2) is 10.3 Å². The largest absolute Gasteiger partial charge is 0.333 e. The van der Waals surface area contributed by atoms with Crippen molar-refractivity contribution in [3.63, 3.8) is 0 Å².